The highest BCUT2D eigenvalue weighted by molar-refractivity contribution is 6.35. The molecule has 1 atom stereocenters. The molecule has 0 radical (unpaired) electrons. The molecule has 0 heterocycles. The van der Waals surface area contributed by atoms with E-state index in [1.165, 1.54) is 25.7 Å². The van der Waals surface area contributed by atoms with Crippen LogP contribution in [0.1, 0.15) is 65.7 Å². The number of rotatable bonds is 9. The molecule has 106 valence electrons. The predicted molar refractivity (Wildman–Crippen MR) is 74.3 cm³/mol. The molecule has 0 unspecified atom stereocenters. The van der Waals surface area contributed by atoms with Gasteiger partial charge in [-0.25, -0.2) is 0 Å². The van der Waals surface area contributed by atoms with Crippen molar-refractivity contribution in [2.45, 2.75) is 71.8 Å². The first-order valence-corrected chi connectivity index (χ1v) is 7.20. The summed E-state index contributed by atoms with van der Waals surface area (Å²) in [6.45, 7) is 6.65. The third kappa shape index (κ3) is 9.02. The molecule has 4 heteroatoms. The van der Waals surface area contributed by atoms with Crippen molar-refractivity contribution in [3.63, 3.8) is 0 Å². The van der Waals surface area contributed by atoms with E-state index in [-0.39, 0.29) is 6.04 Å². The number of hydrogen-bond acceptors (Lipinski definition) is 2. The van der Waals surface area contributed by atoms with Gasteiger partial charge in [0, 0.05) is 12.6 Å². The van der Waals surface area contributed by atoms with E-state index in [4.69, 9.17) is 0 Å². The average Bonchev–Trinajstić information content (AvgIpc) is 2.37. The normalized spacial score (nSPS) is 11.9. The summed E-state index contributed by atoms with van der Waals surface area (Å²) in [5.41, 5.74) is 0. The van der Waals surface area contributed by atoms with Gasteiger partial charge >= 0.3 is 11.8 Å². The Bertz CT molecular complexity index is 242. The molecule has 0 aromatic rings. The lowest BCUT2D eigenvalue weighted by Gasteiger charge is -2.11. The van der Waals surface area contributed by atoms with Crippen LogP contribution in [0.5, 0.6) is 0 Å². The highest BCUT2D eigenvalue weighted by atomic mass is 16.2. The van der Waals surface area contributed by atoms with Crippen molar-refractivity contribution in [2.75, 3.05) is 6.54 Å². The van der Waals surface area contributed by atoms with E-state index >= 15 is 0 Å². The summed E-state index contributed by atoms with van der Waals surface area (Å²) in [6.07, 6.45) is 7.90. The van der Waals surface area contributed by atoms with Gasteiger partial charge in [-0.3, -0.25) is 9.59 Å². The van der Waals surface area contributed by atoms with Crippen molar-refractivity contribution >= 4 is 11.8 Å². The zero-order valence-corrected chi connectivity index (χ0v) is 12.1. The van der Waals surface area contributed by atoms with Crippen LogP contribution in [0.25, 0.3) is 0 Å². The molecule has 0 rings (SSSR count). The molecule has 2 amide bonds. The number of unbranched alkanes of at least 4 members (excludes halogenated alkanes) is 5. The van der Waals surface area contributed by atoms with Gasteiger partial charge in [-0.05, 0) is 19.8 Å². The molecule has 0 aliphatic rings. The molecule has 0 aromatic heterocycles. The second kappa shape index (κ2) is 11.1. The van der Waals surface area contributed by atoms with E-state index in [0.29, 0.717) is 6.54 Å². The number of hydrogen-bond donors (Lipinski definition) is 2. The van der Waals surface area contributed by atoms with Crippen LogP contribution >= 0.6 is 0 Å². The van der Waals surface area contributed by atoms with Crippen molar-refractivity contribution in [3.8, 4) is 0 Å². The molecule has 0 aromatic carbocycles. The maximum atomic E-state index is 11.4. The Morgan fingerprint density at radius 2 is 1.56 bits per heavy atom. The zero-order chi connectivity index (χ0) is 13.8. The van der Waals surface area contributed by atoms with Crippen LogP contribution in [0.2, 0.25) is 0 Å². The Morgan fingerprint density at radius 3 is 2.17 bits per heavy atom. The van der Waals surface area contributed by atoms with E-state index in [1.807, 2.05) is 13.8 Å². The molecular formula is C14H28N2O2. The third-order valence-corrected chi connectivity index (χ3v) is 3.01. The molecule has 4 nitrogen and oxygen atoms in total. The number of carbonyl (C=O) groups excluding carboxylic acids is 2. The molecular weight excluding hydrogens is 228 g/mol. The number of nitrogens with one attached hydrogen (secondary N) is 2. The summed E-state index contributed by atoms with van der Waals surface area (Å²) >= 11 is 0. The summed E-state index contributed by atoms with van der Waals surface area (Å²) in [6, 6.07) is 0.0530. The first-order chi connectivity index (χ1) is 8.61. The molecule has 0 spiro atoms. The van der Waals surface area contributed by atoms with E-state index in [9.17, 15) is 9.59 Å². The van der Waals surface area contributed by atoms with E-state index in [0.717, 1.165) is 19.3 Å². The van der Waals surface area contributed by atoms with Gasteiger partial charge in [0.2, 0.25) is 0 Å². The molecule has 0 saturated carbocycles. The number of amides is 2. The molecule has 0 aliphatic heterocycles. The fraction of sp³-hybridized carbons (Fsp3) is 0.857. The summed E-state index contributed by atoms with van der Waals surface area (Å²) in [7, 11) is 0. The molecule has 0 aliphatic carbocycles. The minimum atomic E-state index is -0.518. The van der Waals surface area contributed by atoms with Crippen molar-refractivity contribution < 1.29 is 9.59 Å². The van der Waals surface area contributed by atoms with Gasteiger partial charge in [0.15, 0.2) is 0 Å². The fourth-order valence-corrected chi connectivity index (χ4v) is 1.58. The largest absolute Gasteiger partial charge is 0.348 e. The van der Waals surface area contributed by atoms with Gasteiger partial charge < -0.3 is 10.6 Å². The fourth-order valence-electron chi connectivity index (χ4n) is 1.58. The number of carbonyl (C=O) groups is 2. The van der Waals surface area contributed by atoms with Crippen LogP contribution in [-0.2, 0) is 9.59 Å². The monoisotopic (exact) mass is 256 g/mol. The average molecular weight is 256 g/mol. The molecule has 0 saturated heterocycles. The Labute approximate surface area is 111 Å². The quantitative estimate of drug-likeness (QED) is 0.491. The van der Waals surface area contributed by atoms with Gasteiger partial charge in [0.05, 0.1) is 0 Å². The molecule has 18 heavy (non-hydrogen) atoms. The van der Waals surface area contributed by atoms with E-state index in [2.05, 4.69) is 17.6 Å². The Hall–Kier alpha value is -1.06. The predicted octanol–water partition coefficient (Wildman–Crippen LogP) is 2.38. The van der Waals surface area contributed by atoms with Gasteiger partial charge in [0.25, 0.3) is 0 Å². The standard InChI is InChI=1S/C14H28N2O2/c1-4-6-7-8-9-10-11-15-13(17)14(18)16-12(3)5-2/h12H,4-11H2,1-3H3,(H,15,17)(H,16,18)/t12-/m1/s1. The lowest BCUT2D eigenvalue weighted by atomic mass is 10.1. The highest BCUT2D eigenvalue weighted by Gasteiger charge is 2.13. The first kappa shape index (κ1) is 16.9. The van der Waals surface area contributed by atoms with E-state index in [1.54, 1.807) is 0 Å². The molecule has 0 fully saturated rings. The van der Waals surface area contributed by atoms with Gasteiger partial charge in [-0.1, -0.05) is 46.0 Å². The van der Waals surface area contributed by atoms with Crippen LogP contribution in [0.4, 0.5) is 0 Å². The summed E-state index contributed by atoms with van der Waals surface area (Å²) in [5.74, 6) is -1.03. The van der Waals surface area contributed by atoms with Gasteiger partial charge in [-0.2, -0.15) is 0 Å². The smallest absolute Gasteiger partial charge is 0.309 e. The van der Waals surface area contributed by atoms with Crippen LogP contribution in [-0.4, -0.2) is 24.4 Å². The third-order valence-electron chi connectivity index (χ3n) is 3.01. The summed E-state index contributed by atoms with van der Waals surface area (Å²) < 4.78 is 0. The van der Waals surface area contributed by atoms with Crippen molar-refractivity contribution in [1.29, 1.82) is 0 Å². The van der Waals surface area contributed by atoms with Crippen molar-refractivity contribution in [2.24, 2.45) is 0 Å². The summed E-state index contributed by atoms with van der Waals surface area (Å²) in [4.78, 5) is 22.8. The second-order valence-corrected chi connectivity index (χ2v) is 4.81. The van der Waals surface area contributed by atoms with Crippen LogP contribution < -0.4 is 10.6 Å². The SMILES string of the molecule is CCCCCCCCNC(=O)C(=O)N[C@H](C)CC. The van der Waals surface area contributed by atoms with Crippen LogP contribution in [0, 0.1) is 0 Å². The first-order valence-electron chi connectivity index (χ1n) is 7.20. The Morgan fingerprint density at radius 1 is 0.944 bits per heavy atom. The second-order valence-electron chi connectivity index (χ2n) is 4.81. The highest BCUT2D eigenvalue weighted by Crippen LogP contribution is 2.03. The van der Waals surface area contributed by atoms with Gasteiger partial charge in [0.1, 0.15) is 0 Å². The molecule has 2 N–H and O–H groups in total. The maximum Gasteiger partial charge on any atom is 0.309 e. The van der Waals surface area contributed by atoms with Gasteiger partial charge in [-0.15, -0.1) is 0 Å². The van der Waals surface area contributed by atoms with Crippen molar-refractivity contribution in [3.05, 3.63) is 0 Å². The molecule has 0 bridgehead atoms. The minimum Gasteiger partial charge on any atom is -0.348 e. The Balaban J connectivity index is 3.49. The lowest BCUT2D eigenvalue weighted by molar-refractivity contribution is -0.139. The van der Waals surface area contributed by atoms with E-state index < -0.39 is 11.8 Å². The van der Waals surface area contributed by atoms with Crippen molar-refractivity contribution in [1.82, 2.24) is 10.6 Å². The topological polar surface area (TPSA) is 58.2 Å². The van der Waals surface area contributed by atoms with Crippen LogP contribution in [0.3, 0.4) is 0 Å². The minimum absolute atomic E-state index is 0.0530. The zero-order valence-electron chi connectivity index (χ0n) is 12.1. The maximum absolute atomic E-state index is 11.4. The summed E-state index contributed by atoms with van der Waals surface area (Å²) in [5, 5.41) is 5.30. The van der Waals surface area contributed by atoms with Crippen LogP contribution in [0.15, 0.2) is 0 Å². The lowest BCUT2D eigenvalue weighted by Crippen LogP contribution is -2.43. The Kier molecular flexibility index (Phi) is 10.4.